The van der Waals surface area contributed by atoms with E-state index in [1.165, 1.54) is 12.3 Å². The van der Waals surface area contributed by atoms with Crippen LogP contribution in [0.2, 0.25) is 0 Å². The SMILES string of the molecule is CC.Cc1c[n+](O)c(Oc2ccc(F)cc2F)cc1N. The van der Waals surface area contributed by atoms with Crippen LogP contribution in [-0.2, 0) is 0 Å². The van der Waals surface area contributed by atoms with E-state index in [1.54, 1.807) is 6.92 Å². The van der Waals surface area contributed by atoms with E-state index in [9.17, 15) is 14.0 Å². The monoisotopic (exact) mass is 283 g/mol. The van der Waals surface area contributed by atoms with Gasteiger partial charge in [0.15, 0.2) is 11.6 Å². The van der Waals surface area contributed by atoms with E-state index in [2.05, 4.69) is 0 Å². The minimum Gasteiger partial charge on any atom is -0.399 e. The fourth-order valence-corrected chi connectivity index (χ4v) is 1.38. The maximum atomic E-state index is 13.4. The second-order valence-corrected chi connectivity index (χ2v) is 3.77. The molecule has 0 aliphatic heterocycles. The predicted octanol–water partition coefficient (Wildman–Crippen LogP) is 3.20. The molecule has 6 heteroatoms. The van der Waals surface area contributed by atoms with Crippen molar-refractivity contribution in [3.8, 4) is 11.6 Å². The molecule has 1 aromatic heterocycles. The first-order chi connectivity index (χ1) is 9.47. The lowest BCUT2D eigenvalue weighted by molar-refractivity contribution is -0.905. The van der Waals surface area contributed by atoms with Crippen LogP contribution in [0.25, 0.3) is 0 Å². The molecule has 3 N–H and O–H groups in total. The lowest BCUT2D eigenvalue weighted by atomic mass is 10.2. The number of benzene rings is 1. The van der Waals surface area contributed by atoms with Crippen molar-refractivity contribution in [1.29, 1.82) is 0 Å². The summed E-state index contributed by atoms with van der Waals surface area (Å²) in [4.78, 5) is 0. The number of rotatable bonds is 2. The summed E-state index contributed by atoms with van der Waals surface area (Å²) in [6.07, 6.45) is 1.33. The van der Waals surface area contributed by atoms with Crippen LogP contribution in [0, 0.1) is 18.6 Å². The highest BCUT2D eigenvalue weighted by molar-refractivity contribution is 5.45. The van der Waals surface area contributed by atoms with Gasteiger partial charge in [0.1, 0.15) is 5.82 Å². The summed E-state index contributed by atoms with van der Waals surface area (Å²) in [5, 5.41) is 9.56. The average molecular weight is 283 g/mol. The molecule has 0 fully saturated rings. The van der Waals surface area contributed by atoms with Crippen molar-refractivity contribution < 1.29 is 23.5 Å². The summed E-state index contributed by atoms with van der Waals surface area (Å²) in [5.41, 5.74) is 6.68. The average Bonchev–Trinajstić information content (AvgIpc) is 2.41. The molecule has 2 rings (SSSR count). The molecule has 0 saturated carbocycles. The van der Waals surface area contributed by atoms with E-state index in [4.69, 9.17) is 10.5 Å². The molecule has 20 heavy (non-hydrogen) atoms. The first-order valence-corrected chi connectivity index (χ1v) is 6.11. The summed E-state index contributed by atoms with van der Waals surface area (Å²) < 4.78 is 31.9. The van der Waals surface area contributed by atoms with Crippen LogP contribution >= 0.6 is 0 Å². The molecule has 108 valence electrons. The minimum absolute atomic E-state index is 0.0661. The highest BCUT2D eigenvalue weighted by Crippen LogP contribution is 2.24. The number of halogens is 2. The number of hydrogen-bond acceptors (Lipinski definition) is 3. The summed E-state index contributed by atoms with van der Waals surface area (Å²) in [5.74, 6) is -1.85. The van der Waals surface area contributed by atoms with Gasteiger partial charge in [-0.3, -0.25) is 5.21 Å². The number of ether oxygens (including phenoxy) is 1. The number of nitrogen functional groups attached to an aromatic ring is 1. The molecule has 0 saturated heterocycles. The van der Waals surface area contributed by atoms with Crippen molar-refractivity contribution in [3.05, 3.63) is 47.7 Å². The lowest BCUT2D eigenvalue weighted by Crippen LogP contribution is -2.32. The maximum absolute atomic E-state index is 13.4. The van der Waals surface area contributed by atoms with Gasteiger partial charge in [0.05, 0.1) is 11.8 Å². The predicted molar refractivity (Wildman–Crippen MR) is 70.8 cm³/mol. The normalized spacial score (nSPS) is 9.65. The Morgan fingerprint density at radius 2 is 1.85 bits per heavy atom. The molecule has 0 amide bonds. The quantitative estimate of drug-likeness (QED) is 0.657. The zero-order valence-electron chi connectivity index (χ0n) is 11.5. The molecule has 2 aromatic rings. The molecule has 0 atom stereocenters. The van der Waals surface area contributed by atoms with E-state index in [0.29, 0.717) is 22.0 Å². The Labute approximate surface area is 116 Å². The van der Waals surface area contributed by atoms with Crippen LogP contribution < -0.4 is 15.2 Å². The smallest absolute Gasteiger partial charge is 0.399 e. The van der Waals surface area contributed by atoms with Gasteiger partial charge in [0, 0.05) is 16.4 Å². The van der Waals surface area contributed by atoms with Crippen molar-refractivity contribution >= 4 is 5.69 Å². The molecule has 0 bridgehead atoms. The van der Waals surface area contributed by atoms with Crippen molar-refractivity contribution in [3.63, 3.8) is 0 Å². The van der Waals surface area contributed by atoms with E-state index in [-0.39, 0.29) is 11.6 Å². The molecule has 0 aliphatic carbocycles. The van der Waals surface area contributed by atoms with Crippen LogP contribution in [-0.4, -0.2) is 5.21 Å². The van der Waals surface area contributed by atoms with Gasteiger partial charge in [-0.1, -0.05) is 13.8 Å². The number of nitrogens with zero attached hydrogens (tertiary/aromatic N) is 1. The standard InChI is InChI=1S/C12H10F2N2O2.C2H6/c1-7-6-16(17)12(5-10(7)15)18-11-3-2-8(13)4-9(11)14;1-2/h2-6,15,17H,1H3;1-2H3/p+1. The third-order valence-electron chi connectivity index (χ3n) is 2.38. The number of aromatic nitrogens is 1. The number of nitrogens with two attached hydrogens (primary N) is 1. The molecule has 0 aliphatic rings. The van der Waals surface area contributed by atoms with Gasteiger partial charge in [0.25, 0.3) is 0 Å². The Kier molecular flexibility index (Phi) is 5.25. The topological polar surface area (TPSA) is 59.4 Å². The van der Waals surface area contributed by atoms with Gasteiger partial charge >= 0.3 is 5.88 Å². The third-order valence-corrected chi connectivity index (χ3v) is 2.38. The van der Waals surface area contributed by atoms with Crippen LogP contribution in [0.15, 0.2) is 30.5 Å². The Hall–Kier alpha value is -2.37. The second kappa shape index (κ2) is 6.70. The van der Waals surface area contributed by atoms with Crippen LogP contribution in [0.3, 0.4) is 0 Å². The Bertz CT molecular complexity index is 604. The molecule has 1 aromatic carbocycles. The summed E-state index contributed by atoms with van der Waals surface area (Å²) in [6, 6.07) is 4.21. The fraction of sp³-hybridized carbons (Fsp3) is 0.214. The Balaban J connectivity index is 0.000000956. The largest absolute Gasteiger partial charge is 0.424 e. The summed E-state index contributed by atoms with van der Waals surface area (Å²) in [7, 11) is 0. The highest BCUT2D eigenvalue weighted by Gasteiger charge is 2.17. The zero-order chi connectivity index (χ0) is 15.3. The number of aryl methyl sites for hydroxylation is 1. The second-order valence-electron chi connectivity index (χ2n) is 3.77. The van der Waals surface area contributed by atoms with Crippen molar-refractivity contribution in [2.24, 2.45) is 0 Å². The summed E-state index contributed by atoms with van der Waals surface area (Å²) in [6.45, 7) is 5.70. The van der Waals surface area contributed by atoms with Crippen molar-refractivity contribution in [2.45, 2.75) is 20.8 Å². The molecule has 0 unspecified atom stereocenters. The van der Waals surface area contributed by atoms with Crippen LogP contribution in [0.1, 0.15) is 19.4 Å². The van der Waals surface area contributed by atoms with Gasteiger partial charge in [-0.2, -0.15) is 0 Å². The fourth-order valence-electron chi connectivity index (χ4n) is 1.38. The van der Waals surface area contributed by atoms with Gasteiger partial charge < -0.3 is 10.5 Å². The Morgan fingerprint density at radius 3 is 2.45 bits per heavy atom. The van der Waals surface area contributed by atoms with E-state index in [0.717, 1.165) is 12.1 Å². The molecular weight excluding hydrogens is 266 g/mol. The molecular formula is C14H17F2N2O2+. The maximum Gasteiger partial charge on any atom is 0.424 e. The first-order valence-electron chi connectivity index (χ1n) is 6.11. The number of anilines is 1. The van der Waals surface area contributed by atoms with E-state index < -0.39 is 11.6 Å². The third kappa shape index (κ3) is 3.57. The molecule has 0 spiro atoms. The summed E-state index contributed by atoms with van der Waals surface area (Å²) >= 11 is 0. The minimum atomic E-state index is -0.867. The van der Waals surface area contributed by atoms with Crippen LogP contribution in [0.4, 0.5) is 14.5 Å². The Morgan fingerprint density at radius 1 is 1.20 bits per heavy atom. The van der Waals surface area contributed by atoms with Crippen molar-refractivity contribution in [2.75, 3.05) is 5.73 Å². The van der Waals surface area contributed by atoms with Gasteiger partial charge in [-0.15, -0.1) is 0 Å². The number of hydrogen-bond donors (Lipinski definition) is 2. The molecule has 4 nitrogen and oxygen atoms in total. The van der Waals surface area contributed by atoms with Crippen LogP contribution in [0.5, 0.6) is 11.6 Å². The van der Waals surface area contributed by atoms with Crippen molar-refractivity contribution in [1.82, 2.24) is 0 Å². The highest BCUT2D eigenvalue weighted by atomic mass is 19.1. The number of pyridine rings is 1. The molecule has 0 radical (unpaired) electrons. The van der Waals surface area contributed by atoms with Gasteiger partial charge in [0.2, 0.25) is 6.20 Å². The van der Waals surface area contributed by atoms with Gasteiger partial charge in [-0.25, -0.2) is 8.78 Å². The lowest BCUT2D eigenvalue weighted by Gasteiger charge is -2.04. The first kappa shape index (κ1) is 15.7. The van der Waals surface area contributed by atoms with E-state index >= 15 is 0 Å². The zero-order valence-corrected chi connectivity index (χ0v) is 11.5. The van der Waals surface area contributed by atoms with Gasteiger partial charge in [-0.05, 0) is 19.1 Å². The van der Waals surface area contributed by atoms with E-state index in [1.807, 2.05) is 13.8 Å². The molecule has 1 heterocycles.